The Bertz CT molecular complexity index is 1120. The molecule has 0 atom stereocenters. The van der Waals surface area contributed by atoms with Gasteiger partial charge in [0.05, 0.1) is 34.7 Å². The number of anilines is 2. The van der Waals surface area contributed by atoms with Crippen LogP contribution in [0.1, 0.15) is 41.8 Å². The van der Waals surface area contributed by atoms with Gasteiger partial charge >= 0.3 is 5.97 Å². The van der Waals surface area contributed by atoms with E-state index in [0.29, 0.717) is 36.5 Å². The minimum atomic E-state index is -1.12. The van der Waals surface area contributed by atoms with Gasteiger partial charge in [-0.05, 0) is 62.2 Å². The summed E-state index contributed by atoms with van der Waals surface area (Å²) < 4.78 is 5.55. The number of carbonyl (C=O) groups excluding carboxylic acids is 2. The van der Waals surface area contributed by atoms with Crippen molar-refractivity contribution in [1.29, 1.82) is 5.26 Å². The molecule has 0 radical (unpaired) electrons. The zero-order valence-corrected chi connectivity index (χ0v) is 18.5. The van der Waals surface area contributed by atoms with E-state index in [0.717, 1.165) is 5.56 Å². The normalized spacial score (nSPS) is 13.3. The molecule has 0 aromatic heterocycles. The highest BCUT2D eigenvalue weighted by Crippen LogP contribution is 2.35. The van der Waals surface area contributed by atoms with Gasteiger partial charge < -0.3 is 14.7 Å². The number of nitriles is 1. The van der Waals surface area contributed by atoms with E-state index in [9.17, 15) is 19.5 Å². The van der Waals surface area contributed by atoms with Crippen LogP contribution in [0.4, 0.5) is 11.4 Å². The average Bonchev–Trinajstić information content (AvgIpc) is 2.80. The van der Waals surface area contributed by atoms with Gasteiger partial charge in [-0.15, -0.1) is 0 Å². The van der Waals surface area contributed by atoms with Crippen molar-refractivity contribution < 1.29 is 24.2 Å². The Balaban J connectivity index is 1.86. The number of fused-ring (bicyclic) bond motifs is 1. The van der Waals surface area contributed by atoms with Gasteiger partial charge in [0.15, 0.2) is 0 Å². The minimum absolute atomic E-state index is 0.0278. The number of aromatic carboxylic acids is 1. The number of carbonyl (C=O) groups is 3. The average molecular weight is 447 g/mol. The van der Waals surface area contributed by atoms with Crippen LogP contribution in [0.5, 0.6) is 0 Å². The third-order valence-electron chi connectivity index (χ3n) is 5.10. The number of carboxylic acids is 1. The Morgan fingerprint density at radius 1 is 1.18 bits per heavy atom. The first-order chi connectivity index (χ1) is 15.8. The SMILES string of the molecule is CC(C)OCCCN1C(=O)CN(C(=O)/C=C/c2ccc(C#N)cc2)c2cc(C(=O)O)ccc21. The van der Waals surface area contributed by atoms with E-state index in [4.69, 9.17) is 10.00 Å². The minimum Gasteiger partial charge on any atom is -0.478 e. The number of hydrogen-bond donors (Lipinski definition) is 1. The molecule has 1 heterocycles. The molecule has 0 saturated carbocycles. The first kappa shape index (κ1) is 23.7. The van der Waals surface area contributed by atoms with Crippen LogP contribution in [0.2, 0.25) is 0 Å². The first-order valence-corrected chi connectivity index (χ1v) is 10.6. The Hall–Kier alpha value is -3.96. The van der Waals surface area contributed by atoms with Crippen molar-refractivity contribution in [2.24, 2.45) is 0 Å². The number of benzene rings is 2. The van der Waals surface area contributed by atoms with E-state index in [1.807, 2.05) is 19.9 Å². The van der Waals surface area contributed by atoms with Gasteiger partial charge in [-0.2, -0.15) is 5.26 Å². The second-order valence-corrected chi connectivity index (χ2v) is 7.82. The van der Waals surface area contributed by atoms with Crippen LogP contribution in [0.3, 0.4) is 0 Å². The molecule has 3 rings (SSSR count). The maximum absolute atomic E-state index is 13.0. The van der Waals surface area contributed by atoms with Crippen LogP contribution in [-0.2, 0) is 14.3 Å². The standard InChI is InChI=1S/C25H25N3O5/c1-17(2)33-13-3-12-27-21-10-9-20(25(31)32)14-22(21)28(16-24(27)30)23(29)11-8-18-4-6-19(15-26)7-5-18/h4-11,14,17H,3,12-13,16H2,1-2H3,(H,31,32)/b11-8+. The second-order valence-electron chi connectivity index (χ2n) is 7.82. The van der Waals surface area contributed by atoms with Gasteiger partial charge in [0.1, 0.15) is 6.54 Å². The summed E-state index contributed by atoms with van der Waals surface area (Å²) in [5.74, 6) is -1.82. The van der Waals surface area contributed by atoms with Crippen molar-refractivity contribution in [3.8, 4) is 6.07 Å². The lowest BCUT2D eigenvalue weighted by Crippen LogP contribution is -2.48. The molecule has 170 valence electrons. The summed E-state index contributed by atoms with van der Waals surface area (Å²) in [6.07, 6.45) is 3.61. The van der Waals surface area contributed by atoms with Crippen molar-refractivity contribution in [3.05, 3.63) is 65.2 Å². The van der Waals surface area contributed by atoms with Gasteiger partial charge in [0.25, 0.3) is 5.91 Å². The van der Waals surface area contributed by atoms with Crippen LogP contribution in [-0.4, -0.2) is 48.7 Å². The number of carboxylic acid groups (broad SMARTS) is 1. The summed E-state index contributed by atoms with van der Waals surface area (Å²) in [5.41, 5.74) is 2.11. The van der Waals surface area contributed by atoms with E-state index in [1.54, 1.807) is 41.3 Å². The zero-order chi connectivity index (χ0) is 24.0. The highest BCUT2D eigenvalue weighted by atomic mass is 16.5. The molecule has 0 spiro atoms. The maximum atomic E-state index is 13.0. The van der Waals surface area contributed by atoms with Crippen molar-refractivity contribution >= 4 is 35.2 Å². The van der Waals surface area contributed by atoms with Crippen LogP contribution < -0.4 is 9.80 Å². The molecule has 1 aliphatic heterocycles. The van der Waals surface area contributed by atoms with Crippen molar-refractivity contribution in [1.82, 2.24) is 0 Å². The lowest BCUT2D eigenvalue weighted by molar-refractivity contribution is -0.120. The molecule has 1 aliphatic rings. The fraction of sp³-hybridized carbons (Fsp3) is 0.280. The first-order valence-electron chi connectivity index (χ1n) is 10.6. The van der Waals surface area contributed by atoms with Gasteiger partial charge in [-0.1, -0.05) is 12.1 Å². The van der Waals surface area contributed by atoms with E-state index in [2.05, 4.69) is 0 Å². The van der Waals surface area contributed by atoms with Crippen LogP contribution in [0.25, 0.3) is 6.08 Å². The topological polar surface area (TPSA) is 111 Å². The van der Waals surface area contributed by atoms with Crippen molar-refractivity contribution in [3.63, 3.8) is 0 Å². The fourth-order valence-electron chi connectivity index (χ4n) is 3.45. The lowest BCUT2D eigenvalue weighted by Gasteiger charge is -2.36. The number of rotatable bonds is 8. The Kier molecular flexibility index (Phi) is 7.59. The number of amides is 2. The molecule has 8 heteroatoms. The highest BCUT2D eigenvalue weighted by molar-refractivity contribution is 6.15. The summed E-state index contributed by atoms with van der Waals surface area (Å²) >= 11 is 0. The van der Waals surface area contributed by atoms with Crippen LogP contribution in [0, 0.1) is 11.3 Å². The van der Waals surface area contributed by atoms with Crippen LogP contribution in [0.15, 0.2) is 48.5 Å². The quantitative estimate of drug-likeness (QED) is 0.490. The Morgan fingerprint density at radius 2 is 1.91 bits per heavy atom. The molecule has 33 heavy (non-hydrogen) atoms. The summed E-state index contributed by atoms with van der Waals surface area (Å²) in [6.45, 7) is 4.55. The molecule has 0 unspecified atom stereocenters. The summed E-state index contributed by atoms with van der Waals surface area (Å²) in [7, 11) is 0. The molecule has 8 nitrogen and oxygen atoms in total. The Labute approximate surface area is 192 Å². The summed E-state index contributed by atoms with van der Waals surface area (Å²) in [5, 5.41) is 18.3. The van der Waals surface area contributed by atoms with Gasteiger partial charge in [0, 0.05) is 19.2 Å². The zero-order valence-electron chi connectivity index (χ0n) is 18.5. The molecular weight excluding hydrogens is 422 g/mol. The number of ether oxygens (including phenoxy) is 1. The molecule has 0 saturated heterocycles. The lowest BCUT2D eigenvalue weighted by atomic mass is 10.1. The summed E-state index contributed by atoms with van der Waals surface area (Å²) in [6, 6.07) is 13.1. The molecule has 0 aliphatic carbocycles. The van der Waals surface area contributed by atoms with Crippen molar-refractivity contribution in [2.75, 3.05) is 29.5 Å². The predicted octanol–water partition coefficient (Wildman–Crippen LogP) is 3.46. The molecule has 2 aromatic rings. The molecule has 2 amide bonds. The molecule has 1 N–H and O–H groups in total. The predicted molar refractivity (Wildman–Crippen MR) is 124 cm³/mol. The van der Waals surface area contributed by atoms with E-state index in [1.165, 1.54) is 23.1 Å². The molecule has 0 fully saturated rings. The van der Waals surface area contributed by atoms with E-state index >= 15 is 0 Å². The third kappa shape index (κ3) is 5.84. The van der Waals surface area contributed by atoms with E-state index in [-0.39, 0.29) is 24.1 Å². The van der Waals surface area contributed by atoms with Gasteiger partial charge in [-0.3, -0.25) is 14.5 Å². The maximum Gasteiger partial charge on any atom is 0.335 e. The monoisotopic (exact) mass is 447 g/mol. The number of nitrogens with zero attached hydrogens (tertiary/aromatic N) is 3. The molecule has 0 bridgehead atoms. The van der Waals surface area contributed by atoms with Gasteiger partial charge in [-0.25, -0.2) is 4.79 Å². The van der Waals surface area contributed by atoms with Gasteiger partial charge in [0.2, 0.25) is 5.91 Å². The van der Waals surface area contributed by atoms with Crippen LogP contribution >= 0.6 is 0 Å². The molecular formula is C25H25N3O5. The Morgan fingerprint density at radius 3 is 2.55 bits per heavy atom. The molecule has 2 aromatic carbocycles. The summed E-state index contributed by atoms with van der Waals surface area (Å²) in [4.78, 5) is 40.2. The largest absolute Gasteiger partial charge is 0.478 e. The fourth-order valence-corrected chi connectivity index (χ4v) is 3.45. The smallest absolute Gasteiger partial charge is 0.335 e. The highest BCUT2D eigenvalue weighted by Gasteiger charge is 2.32. The second kappa shape index (κ2) is 10.6. The third-order valence-corrected chi connectivity index (χ3v) is 5.10. The number of hydrogen-bond acceptors (Lipinski definition) is 5. The van der Waals surface area contributed by atoms with Crippen molar-refractivity contribution in [2.45, 2.75) is 26.4 Å². The van der Waals surface area contributed by atoms with E-state index < -0.39 is 11.9 Å².